The van der Waals surface area contributed by atoms with Crippen molar-refractivity contribution in [1.82, 2.24) is 9.47 Å². The van der Waals surface area contributed by atoms with E-state index >= 15 is 0 Å². The fourth-order valence-corrected chi connectivity index (χ4v) is 2.77. The third kappa shape index (κ3) is 2.81. The average Bonchev–Trinajstić information content (AvgIpc) is 2.87. The van der Waals surface area contributed by atoms with Crippen LogP contribution in [0.1, 0.15) is 33.6 Å². The van der Waals surface area contributed by atoms with Crippen LogP contribution in [0.2, 0.25) is 0 Å². The maximum Gasteiger partial charge on any atom is 0.151 e. The lowest BCUT2D eigenvalue weighted by molar-refractivity contribution is 0.112. The van der Waals surface area contributed by atoms with Crippen molar-refractivity contribution in [2.75, 3.05) is 20.6 Å². The first-order chi connectivity index (χ1) is 10.7. The Morgan fingerprint density at radius 2 is 2.05 bits per heavy atom. The van der Waals surface area contributed by atoms with Crippen molar-refractivity contribution in [2.24, 2.45) is 0 Å². The van der Waals surface area contributed by atoms with Gasteiger partial charge in [0.25, 0.3) is 0 Å². The van der Waals surface area contributed by atoms with Crippen LogP contribution in [0.15, 0.2) is 42.6 Å². The van der Waals surface area contributed by atoms with Gasteiger partial charge in [-0.2, -0.15) is 0 Å². The first-order valence-electron chi connectivity index (χ1n) is 7.49. The Bertz CT molecular complexity index is 751. The Hall–Kier alpha value is -2.39. The minimum atomic E-state index is 0.706. The Morgan fingerprint density at radius 3 is 2.82 bits per heavy atom. The third-order valence-electron chi connectivity index (χ3n) is 3.87. The molecule has 0 amide bonds. The molecule has 0 unspecified atom stereocenters. The Labute approximate surface area is 131 Å². The van der Waals surface area contributed by atoms with Crippen molar-refractivity contribution in [1.29, 1.82) is 0 Å². The van der Waals surface area contributed by atoms with Crippen LogP contribution in [0.4, 0.5) is 0 Å². The summed E-state index contributed by atoms with van der Waals surface area (Å²) in [5.41, 5.74) is 5.39. The molecule has 2 aromatic rings. The number of hydrogen-bond acceptors (Lipinski definition) is 2. The molecule has 0 bridgehead atoms. The molecule has 1 aliphatic heterocycles. The molecule has 3 rings (SSSR count). The SMILES string of the molecule is CN(C)CCC=C1c2ccccc2C=Cn2cc(C=O)cc21. The zero-order valence-electron chi connectivity index (χ0n) is 13.0. The summed E-state index contributed by atoms with van der Waals surface area (Å²) in [6, 6.07) is 10.3. The number of nitrogens with zero attached hydrogens (tertiary/aromatic N) is 2. The van der Waals surface area contributed by atoms with Crippen LogP contribution in [0.25, 0.3) is 17.8 Å². The van der Waals surface area contributed by atoms with E-state index in [1.54, 1.807) is 0 Å². The molecule has 1 aromatic heterocycles. The van der Waals surface area contributed by atoms with Crippen LogP contribution < -0.4 is 0 Å². The fraction of sp³-hybridized carbons (Fsp3) is 0.211. The summed E-state index contributed by atoms with van der Waals surface area (Å²) in [6.45, 7) is 1.00. The van der Waals surface area contributed by atoms with Crippen molar-refractivity contribution in [3.63, 3.8) is 0 Å². The van der Waals surface area contributed by atoms with Crippen LogP contribution in [-0.4, -0.2) is 36.4 Å². The Kier molecular flexibility index (Phi) is 4.07. The number of carbonyl (C=O) groups is 1. The summed E-state index contributed by atoms with van der Waals surface area (Å²) < 4.78 is 2.03. The van der Waals surface area contributed by atoms with Crippen molar-refractivity contribution in [3.05, 3.63) is 65.0 Å². The van der Waals surface area contributed by atoms with E-state index in [1.165, 1.54) is 16.7 Å². The highest BCUT2D eigenvalue weighted by Crippen LogP contribution is 2.32. The molecular weight excluding hydrogens is 272 g/mol. The Morgan fingerprint density at radius 1 is 1.23 bits per heavy atom. The van der Waals surface area contributed by atoms with E-state index in [-0.39, 0.29) is 0 Å². The second kappa shape index (κ2) is 6.16. The topological polar surface area (TPSA) is 25.2 Å². The van der Waals surface area contributed by atoms with Gasteiger partial charge < -0.3 is 9.47 Å². The molecule has 112 valence electrons. The summed E-state index contributed by atoms with van der Waals surface area (Å²) in [7, 11) is 4.16. The lowest BCUT2D eigenvalue weighted by Gasteiger charge is -2.12. The number of carbonyl (C=O) groups excluding carboxylic acids is 1. The molecule has 0 N–H and O–H groups in total. The normalized spacial score (nSPS) is 14.8. The van der Waals surface area contributed by atoms with Crippen molar-refractivity contribution in [3.8, 4) is 0 Å². The molecule has 0 saturated heterocycles. The van der Waals surface area contributed by atoms with Gasteiger partial charge in [0.15, 0.2) is 6.29 Å². The molecule has 3 nitrogen and oxygen atoms in total. The minimum absolute atomic E-state index is 0.706. The second-order valence-corrected chi connectivity index (χ2v) is 5.80. The first-order valence-corrected chi connectivity index (χ1v) is 7.49. The predicted molar refractivity (Wildman–Crippen MR) is 91.7 cm³/mol. The van der Waals surface area contributed by atoms with Gasteiger partial charge in [-0.1, -0.05) is 30.3 Å². The van der Waals surface area contributed by atoms with E-state index in [1.807, 2.05) is 23.0 Å². The van der Waals surface area contributed by atoms with E-state index in [0.29, 0.717) is 5.56 Å². The van der Waals surface area contributed by atoms with Crippen LogP contribution in [0.3, 0.4) is 0 Å². The molecule has 0 aliphatic carbocycles. The molecule has 2 heterocycles. The zero-order valence-corrected chi connectivity index (χ0v) is 13.0. The highest BCUT2D eigenvalue weighted by Gasteiger charge is 2.16. The molecule has 1 aliphatic rings. The summed E-state index contributed by atoms with van der Waals surface area (Å²) in [5.74, 6) is 0. The molecule has 0 fully saturated rings. The summed E-state index contributed by atoms with van der Waals surface area (Å²) >= 11 is 0. The largest absolute Gasteiger partial charge is 0.323 e. The standard InChI is InChI=1S/C19H20N2O/c1-20(2)10-5-8-18-17-7-4-3-6-16(17)9-11-21-13-15(14-22)12-19(18)21/h3-4,6-9,11-14H,5,10H2,1-2H3. The summed E-state index contributed by atoms with van der Waals surface area (Å²) in [4.78, 5) is 13.3. The van der Waals surface area contributed by atoms with Crippen LogP contribution in [0, 0.1) is 0 Å². The zero-order chi connectivity index (χ0) is 15.5. The van der Waals surface area contributed by atoms with E-state index in [4.69, 9.17) is 0 Å². The quantitative estimate of drug-likeness (QED) is 0.686. The highest BCUT2D eigenvalue weighted by molar-refractivity contribution is 5.90. The Balaban J connectivity index is 2.11. The number of hydrogen-bond donors (Lipinski definition) is 0. The number of rotatable bonds is 4. The molecule has 3 heteroatoms. The lowest BCUT2D eigenvalue weighted by Crippen LogP contribution is -2.12. The van der Waals surface area contributed by atoms with Crippen molar-refractivity contribution >= 4 is 24.1 Å². The van der Waals surface area contributed by atoms with Crippen molar-refractivity contribution in [2.45, 2.75) is 6.42 Å². The molecule has 22 heavy (non-hydrogen) atoms. The van der Waals surface area contributed by atoms with Gasteiger partial charge in [-0.05, 0) is 43.8 Å². The molecule has 0 radical (unpaired) electrons. The predicted octanol–water partition coefficient (Wildman–Crippen LogP) is 3.63. The third-order valence-corrected chi connectivity index (χ3v) is 3.87. The molecule has 1 aromatic carbocycles. The second-order valence-electron chi connectivity index (χ2n) is 5.80. The van der Waals surface area contributed by atoms with Gasteiger partial charge in [-0.15, -0.1) is 0 Å². The van der Waals surface area contributed by atoms with Crippen LogP contribution in [0.5, 0.6) is 0 Å². The van der Waals surface area contributed by atoms with E-state index in [9.17, 15) is 4.79 Å². The molecule has 0 spiro atoms. The van der Waals surface area contributed by atoms with Gasteiger partial charge in [-0.3, -0.25) is 4.79 Å². The maximum absolute atomic E-state index is 11.1. The van der Waals surface area contributed by atoms with Gasteiger partial charge in [-0.25, -0.2) is 0 Å². The fourth-order valence-electron chi connectivity index (χ4n) is 2.77. The minimum Gasteiger partial charge on any atom is -0.323 e. The number of aldehydes is 1. The van der Waals surface area contributed by atoms with Gasteiger partial charge in [0, 0.05) is 30.1 Å². The first kappa shape index (κ1) is 14.5. The van der Waals surface area contributed by atoms with Gasteiger partial charge in [0.2, 0.25) is 0 Å². The molecule has 0 saturated carbocycles. The van der Waals surface area contributed by atoms with Crippen LogP contribution in [-0.2, 0) is 0 Å². The number of benzene rings is 1. The molecule has 0 atom stereocenters. The van der Waals surface area contributed by atoms with Gasteiger partial charge >= 0.3 is 0 Å². The van der Waals surface area contributed by atoms with E-state index in [2.05, 4.69) is 55.4 Å². The smallest absolute Gasteiger partial charge is 0.151 e. The summed E-state index contributed by atoms with van der Waals surface area (Å²) in [6.07, 6.45) is 10.1. The maximum atomic E-state index is 11.1. The highest BCUT2D eigenvalue weighted by atomic mass is 16.1. The van der Waals surface area contributed by atoms with E-state index in [0.717, 1.165) is 24.9 Å². The molecular formula is C19H20N2O. The van der Waals surface area contributed by atoms with Crippen LogP contribution >= 0.6 is 0 Å². The van der Waals surface area contributed by atoms with Gasteiger partial charge in [0.05, 0.1) is 5.69 Å². The lowest BCUT2D eigenvalue weighted by atomic mass is 9.96. The van der Waals surface area contributed by atoms with Crippen molar-refractivity contribution < 1.29 is 4.79 Å². The van der Waals surface area contributed by atoms with E-state index < -0.39 is 0 Å². The monoisotopic (exact) mass is 292 g/mol. The summed E-state index contributed by atoms with van der Waals surface area (Å²) in [5, 5.41) is 0. The average molecular weight is 292 g/mol. The number of fused-ring (bicyclic) bond motifs is 2. The number of aromatic nitrogens is 1. The van der Waals surface area contributed by atoms with Gasteiger partial charge in [0.1, 0.15) is 0 Å².